The zero-order chi connectivity index (χ0) is 17.8. The first kappa shape index (κ1) is 24.3. The lowest BCUT2D eigenvalue weighted by atomic mass is 9.98. The fourth-order valence-corrected chi connectivity index (χ4v) is 4.89. The smallest absolute Gasteiger partial charge is 0.191 e. The normalized spacial score (nSPS) is 21.1. The van der Waals surface area contributed by atoms with Crippen LogP contribution >= 0.6 is 35.7 Å². The Morgan fingerprint density at radius 3 is 2.58 bits per heavy atom. The molecule has 0 aromatic heterocycles. The molecule has 1 heterocycles. The van der Waals surface area contributed by atoms with Gasteiger partial charge in [0.2, 0.25) is 0 Å². The fourth-order valence-electron chi connectivity index (χ4n) is 3.65. The summed E-state index contributed by atoms with van der Waals surface area (Å²) in [6.07, 6.45) is 10.3. The van der Waals surface area contributed by atoms with Crippen LogP contribution in [0.2, 0.25) is 0 Å². The third-order valence-electron chi connectivity index (χ3n) is 5.18. The molecule has 0 atom stereocenters. The summed E-state index contributed by atoms with van der Waals surface area (Å²) in [5.41, 5.74) is 0. The average Bonchev–Trinajstić information content (AvgIpc) is 2.66. The van der Waals surface area contributed by atoms with Crippen molar-refractivity contribution in [2.75, 3.05) is 45.7 Å². The van der Waals surface area contributed by atoms with Crippen LogP contribution in [0.5, 0.6) is 0 Å². The van der Waals surface area contributed by atoms with Gasteiger partial charge in [0, 0.05) is 44.7 Å². The maximum atomic E-state index is 5.98. The lowest BCUT2D eigenvalue weighted by molar-refractivity contribution is 0.0277. The lowest BCUT2D eigenvalue weighted by Gasteiger charge is -2.37. The number of guanidine groups is 1. The number of halogens is 1. The first-order chi connectivity index (χ1) is 12.3. The summed E-state index contributed by atoms with van der Waals surface area (Å²) in [6.45, 7) is 6.69. The second-order valence-corrected chi connectivity index (χ2v) is 8.80. The van der Waals surface area contributed by atoms with E-state index in [0.29, 0.717) is 6.10 Å². The van der Waals surface area contributed by atoms with E-state index < -0.39 is 0 Å². The van der Waals surface area contributed by atoms with Crippen LogP contribution in [-0.2, 0) is 9.47 Å². The second-order valence-electron chi connectivity index (χ2n) is 7.07. The molecule has 0 bridgehead atoms. The molecule has 1 saturated heterocycles. The number of aliphatic imine (C=N–C) groups is 1. The molecule has 2 N–H and O–H groups in total. The average molecular weight is 500 g/mol. The van der Waals surface area contributed by atoms with Crippen LogP contribution in [0, 0.1) is 0 Å². The van der Waals surface area contributed by atoms with Gasteiger partial charge in [-0.05, 0) is 37.9 Å². The monoisotopic (exact) mass is 499 g/mol. The van der Waals surface area contributed by atoms with E-state index in [0.717, 1.165) is 63.9 Å². The number of nitrogens with one attached hydrogen (secondary N) is 2. The van der Waals surface area contributed by atoms with Crippen LogP contribution < -0.4 is 10.6 Å². The summed E-state index contributed by atoms with van der Waals surface area (Å²) >= 11 is 2.05. The van der Waals surface area contributed by atoms with Crippen molar-refractivity contribution in [3.8, 4) is 0 Å². The predicted octanol–water partition coefficient (Wildman–Crippen LogP) is 3.81. The number of thioether (sulfide) groups is 1. The lowest BCUT2D eigenvalue weighted by Crippen LogP contribution is -2.48. The molecular formula is C19H38IN3O2S. The van der Waals surface area contributed by atoms with Crippen molar-refractivity contribution in [3.05, 3.63) is 0 Å². The summed E-state index contributed by atoms with van der Waals surface area (Å²) in [5, 5.41) is 6.95. The van der Waals surface area contributed by atoms with E-state index in [-0.39, 0.29) is 28.7 Å². The molecule has 0 aromatic carbocycles. The third kappa shape index (κ3) is 8.97. The third-order valence-corrected chi connectivity index (χ3v) is 6.63. The van der Waals surface area contributed by atoms with E-state index in [4.69, 9.17) is 9.47 Å². The Balaban J connectivity index is 0.00000338. The highest BCUT2D eigenvalue weighted by Gasteiger charge is 2.32. The highest BCUT2D eigenvalue weighted by atomic mass is 127. The number of ether oxygens (including phenoxy) is 2. The molecule has 5 nitrogen and oxygen atoms in total. The molecule has 154 valence electrons. The minimum absolute atomic E-state index is 0. The van der Waals surface area contributed by atoms with E-state index >= 15 is 0 Å². The van der Waals surface area contributed by atoms with Crippen LogP contribution in [0.3, 0.4) is 0 Å². The summed E-state index contributed by atoms with van der Waals surface area (Å²) in [7, 11) is 1.84. The van der Waals surface area contributed by atoms with Crippen LogP contribution in [-0.4, -0.2) is 62.5 Å². The first-order valence-electron chi connectivity index (χ1n) is 10.1. The van der Waals surface area contributed by atoms with Crippen LogP contribution in [0.15, 0.2) is 4.99 Å². The minimum atomic E-state index is 0. The summed E-state index contributed by atoms with van der Waals surface area (Å²) < 4.78 is 11.8. The van der Waals surface area contributed by atoms with Crippen molar-refractivity contribution in [1.29, 1.82) is 0 Å². The van der Waals surface area contributed by atoms with Gasteiger partial charge in [0.1, 0.15) is 0 Å². The van der Waals surface area contributed by atoms with Crippen LogP contribution in [0.4, 0.5) is 0 Å². The molecule has 2 fully saturated rings. The standard InChI is InChI=1S/C19H37N3O2S.HI/c1-3-25-19(10-14-23-15-11-19)16-22-18(20-2)21-12-7-13-24-17-8-5-4-6-9-17;/h17H,3-16H2,1-2H3,(H2,20,21,22);1H. The van der Waals surface area contributed by atoms with Gasteiger partial charge in [0.15, 0.2) is 5.96 Å². The number of hydrogen-bond acceptors (Lipinski definition) is 4. The number of rotatable bonds is 9. The Bertz CT molecular complexity index is 381. The molecule has 0 radical (unpaired) electrons. The molecule has 1 aliphatic carbocycles. The fraction of sp³-hybridized carbons (Fsp3) is 0.947. The molecule has 7 heteroatoms. The topological polar surface area (TPSA) is 54.9 Å². The predicted molar refractivity (Wildman–Crippen MR) is 123 cm³/mol. The van der Waals surface area contributed by atoms with Gasteiger partial charge < -0.3 is 20.1 Å². The van der Waals surface area contributed by atoms with Crippen molar-refractivity contribution in [2.24, 2.45) is 4.99 Å². The van der Waals surface area contributed by atoms with E-state index in [2.05, 4.69) is 34.3 Å². The van der Waals surface area contributed by atoms with Gasteiger partial charge in [-0.25, -0.2) is 0 Å². The van der Waals surface area contributed by atoms with Gasteiger partial charge in [-0.15, -0.1) is 24.0 Å². The van der Waals surface area contributed by atoms with Crippen molar-refractivity contribution in [1.82, 2.24) is 10.6 Å². The molecule has 2 rings (SSSR count). The van der Waals surface area contributed by atoms with Gasteiger partial charge in [0.25, 0.3) is 0 Å². The van der Waals surface area contributed by atoms with Gasteiger partial charge in [-0.3, -0.25) is 4.99 Å². The Labute approximate surface area is 181 Å². The number of hydrogen-bond donors (Lipinski definition) is 2. The Morgan fingerprint density at radius 2 is 1.92 bits per heavy atom. The quantitative estimate of drug-likeness (QED) is 0.219. The summed E-state index contributed by atoms with van der Waals surface area (Å²) in [5.74, 6) is 2.05. The van der Waals surface area contributed by atoms with Crippen LogP contribution in [0.1, 0.15) is 58.3 Å². The van der Waals surface area contributed by atoms with Crippen molar-refractivity contribution in [2.45, 2.75) is 69.1 Å². The van der Waals surface area contributed by atoms with Gasteiger partial charge in [0.05, 0.1) is 6.10 Å². The SMILES string of the molecule is CCSC1(CNC(=NC)NCCCOC2CCCCC2)CCOCC1.I. The number of nitrogens with zero attached hydrogens (tertiary/aromatic N) is 1. The molecule has 0 amide bonds. The molecule has 0 aromatic rings. The first-order valence-corrected chi connectivity index (χ1v) is 11.0. The largest absolute Gasteiger partial charge is 0.381 e. The molecule has 2 aliphatic rings. The van der Waals surface area contributed by atoms with Crippen molar-refractivity contribution < 1.29 is 9.47 Å². The molecular weight excluding hydrogens is 461 g/mol. The molecule has 1 saturated carbocycles. The van der Waals surface area contributed by atoms with Gasteiger partial charge in [-0.1, -0.05) is 26.2 Å². The zero-order valence-electron chi connectivity index (χ0n) is 16.6. The highest BCUT2D eigenvalue weighted by Crippen LogP contribution is 2.34. The Hall–Kier alpha value is 0.270. The zero-order valence-corrected chi connectivity index (χ0v) is 19.7. The maximum absolute atomic E-state index is 5.98. The van der Waals surface area contributed by atoms with Gasteiger partial charge in [-0.2, -0.15) is 11.8 Å². The molecule has 1 aliphatic heterocycles. The van der Waals surface area contributed by atoms with Crippen molar-refractivity contribution >= 4 is 41.7 Å². The Morgan fingerprint density at radius 1 is 1.19 bits per heavy atom. The van der Waals surface area contributed by atoms with E-state index in [9.17, 15) is 0 Å². The van der Waals surface area contributed by atoms with E-state index in [1.807, 2.05) is 7.05 Å². The molecule has 0 spiro atoms. The molecule has 0 unspecified atom stereocenters. The highest BCUT2D eigenvalue weighted by molar-refractivity contribution is 14.0. The van der Waals surface area contributed by atoms with Crippen LogP contribution in [0.25, 0.3) is 0 Å². The summed E-state index contributed by atoms with van der Waals surface area (Å²) in [6, 6.07) is 0. The van der Waals surface area contributed by atoms with Crippen molar-refractivity contribution in [3.63, 3.8) is 0 Å². The minimum Gasteiger partial charge on any atom is -0.381 e. The maximum Gasteiger partial charge on any atom is 0.191 e. The Kier molecular flexibility index (Phi) is 13.4. The summed E-state index contributed by atoms with van der Waals surface area (Å²) in [4.78, 5) is 4.36. The van der Waals surface area contributed by atoms with E-state index in [1.54, 1.807) is 0 Å². The second kappa shape index (κ2) is 14.3. The molecule has 26 heavy (non-hydrogen) atoms. The van der Waals surface area contributed by atoms with E-state index in [1.165, 1.54) is 32.1 Å². The van der Waals surface area contributed by atoms with Gasteiger partial charge >= 0.3 is 0 Å².